The Morgan fingerprint density at radius 3 is 2.64 bits per heavy atom. The maximum atomic E-state index is 12.3. The number of benzene rings is 2. The maximum Gasteiger partial charge on any atom is 0.311 e. The van der Waals surface area contributed by atoms with E-state index in [4.69, 9.17) is 4.74 Å². The van der Waals surface area contributed by atoms with Gasteiger partial charge >= 0.3 is 5.69 Å². The molecule has 0 aromatic heterocycles. The standard InChI is InChI=1S/C16H16N2O4/c1-3-11-6-4-5-7-13(11)17-16(19)12-8-9-15(22-2)14(10-12)18(20)21/h4-10H,3H2,1-2H3,(H,17,19). The summed E-state index contributed by atoms with van der Waals surface area (Å²) in [6.45, 7) is 1.99. The molecule has 1 N–H and O–H groups in total. The number of hydrogen-bond donors (Lipinski definition) is 1. The lowest BCUT2D eigenvalue weighted by Gasteiger charge is -2.10. The van der Waals surface area contributed by atoms with E-state index in [0.29, 0.717) is 5.69 Å². The topological polar surface area (TPSA) is 81.5 Å². The summed E-state index contributed by atoms with van der Waals surface area (Å²) in [6, 6.07) is 11.6. The maximum absolute atomic E-state index is 12.3. The van der Waals surface area contributed by atoms with Gasteiger partial charge in [0, 0.05) is 17.3 Å². The first kappa shape index (κ1) is 15.5. The van der Waals surface area contributed by atoms with Gasteiger partial charge < -0.3 is 10.1 Å². The number of rotatable bonds is 5. The lowest BCUT2D eigenvalue weighted by molar-refractivity contribution is -0.385. The fourth-order valence-electron chi connectivity index (χ4n) is 2.12. The molecule has 0 atom stereocenters. The Morgan fingerprint density at radius 2 is 2.00 bits per heavy atom. The number of nitro groups is 1. The van der Waals surface area contributed by atoms with Crippen molar-refractivity contribution in [3.63, 3.8) is 0 Å². The first-order valence-corrected chi connectivity index (χ1v) is 6.78. The number of carbonyl (C=O) groups is 1. The molecule has 2 aromatic rings. The highest BCUT2D eigenvalue weighted by Gasteiger charge is 2.18. The molecule has 0 aliphatic rings. The van der Waals surface area contributed by atoms with Crippen molar-refractivity contribution in [3.05, 3.63) is 63.7 Å². The van der Waals surface area contributed by atoms with Crippen LogP contribution in [-0.2, 0) is 6.42 Å². The predicted octanol–water partition coefficient (Wildman–Crippen LogP) is 3.42. The molecule has 0 saturated carbocycles. The summed E-state index contributed by atoms with van der Waals surface area (Å²) in [5.74, 6) is -0.276. The second kappa shape index (κ2) is 6.71. The van der Waals surface area contributed by atoms with E-state index in [2.05, 4.69) is 5.32 Å². The highest BCUT2D eigenvalue weighted by Crippen LogP contribution is 2.28. The summed E-state index contributed by atoms with van der Waals surface area (Å²) in [6.07, 6.45) is 0.777. The molecule has 1 amide bonds. The molecule has 0 fully saturated rings. The zero-order valence-electron chi connectivity index (χ0n) is 12.3. The molecule has 6 nitrogen and oxygen atoms in total. The Morgan fingerprint density at radius 1 is 1.27 bits per heavy atom. The van der Waals surface area contributed by atoms with Gasteiger partial charge in [0.05, 0.1) is 12.0 Å². The number of amides is 1. The van der Waals surface area contributed by atoms with Crippen LogP contribution in [0.2, 0.25) is 0 Å². The Hall–Kier alpha value is -2.89. The molecule has 2 aromatic carbocycles. The van der Waals surface area contributed by atoms with Crippen LogP contribution in [-0.4, -0.2) is 17.9 Å². The van der Waals surface area contributed by atoms with E-state index < -0.39 is 10.8 Å². The van der Waals surface area contributed by atoms with Crippen molar-refractivity contribution in [2.75, 3.05) is 12.4 Å². The Labute approximate surface area is 127 Å². The van der Waals surface area contributed by atoms with Crippen molar-refractivity contribution >= 4 is 17.3 Å². The summed E-state index contributed by atoms with van der Waals surface area (Å²) in [4.78, 5) is 22.7. The smallest absolute Gasteiger partial charge is 0.311 e. The van der Waals surface area contributed by atoms with Crippen molar-refractivity contribution in [1.29, 1.82) is 0 Å². The number of nitro benzene ring substituents is 1. The van der Waals surface area contributed by atoms with E-state index in [1.165, 1.54) is 25.3 Å². The fourth-order valence-corrected chi connectivity index (χ4v) is 2.12. The lowest BCUT2D eigenvalue weighted by Crippen LogP contribution is -2.13. The van der Waals surface area contributed by atoms with Crippen molar-refractivity contribution in [1.82, 2.24) is 0 Å². The first-order chi connectivity index (χ1) is 10.6. The predicted molar refractivity (Wildman–Crippen MR) is 83.4 cm³/mol. The average molecular weight is 300 g/mol. The van der Waals surface area contributed by atoms with E-state index in [1.807, 2.05) is 25.1 Å². The van der Waals surface area contributed by atoms with Crippen LogP contribution < -0.4 is 10.1 Å². The van der Waals surface area contributed by atoms with Gasteiger partial charge in [0.25, 0.3) is 5.91 Å². The normalized spacial score (nSPS) is 10.1. The lowest BCUT2D eigenvalue weighted by atomic mass is 10.1. The Balaban J connectivity index is 2.30. The SMILES string of the molecule is CCc1ccccc1NC(=O)c1ccc(OC)c([N+](=O)[O-])c1. The quantitative estimate of drug-likeness (QED) is 0.677. The molecule has 114 valence electrons. The highest BCUT2D eigenvalue weighted by atomic mass is 16.6. The molecule has 2 rings (SSSR count). The third-order valence-corrected chi connectivity index (χ3v) is 3.28. The summed E-state index contributed by atoms with van der Waals surface area (Å²) in [5.41, 5.74) is 1.67. The number of para-hydroxylation sites is 1. The molecule has 0 saturated heterocycles. The molecule has 0 bridgehead atoms. The largest absolute Gasteiger partial charge is 0.490 e. The van der Waals surface area contributed by atoms with Crippen molar-refractivity contribution in [2.24, 2.45) is 0 Å². The molecular weight excluding hydrogens is 284 g/mol. The van der Waals surface area contributed by atoms with Gasteiger partial charge in [-0.25, -0.2) is 0 Å². The highest BCUT2D eigenvalue weighted by molar-refractivity contribution is 6.05. The molecule has 0 aliphatic heterocycles. The van der Waals surface area contributed by atoms with Crippen LogP contribution in [0.3, 0.4) is 0 Å². The van der Waals surface area contributed by atoms with E-state index >= 15 is 0 Å². The number of methoxy groups -OCH3 is 1. The number of anilines is 1. The van der Waals surface area contributed by atoms with Gasteiger partial charge in [-0.15, -0.1) is 0 Å². The second-order valence-electron chi connectivity index (χ2n) is 4.61. The van der Waals surface area contributed by atoms with Crippen LogP contribution in [0.15, 0.2) is 42.5 Å². The molecule has 0 radical (unpaired) electrons. The number of nitrogens with one attached hydrogen (secondary N) is 1. The van der Waals surface area contributed by atoms with E-state index in [0.717, 1.165) is 12.0 Å². The van der Waals surface area contributed by atoms with Gasteiger partial charge in [-0.1, -0.05) is 25.1 Å². The van der Waals surface area contributed by atoms with Crippen LogP contribution in [0, 0.1) is 10.1 Å². The minimum Gasteiger partial charge on any atom is -0.490 e. The van der Waals surface area contributed by atoms with Crippen LogP contribution in [0.25, 0.3) is 0 Å². The minimum atomic E-state index is -0.574. The number of hydrogen-bond acceptors (Lipinski definition) is 4. The molecule has 6 heteroatoms. The third kappa shape index (κ3) is 3.22. The molecule has 0 aliphatic carbocycles. The van der Waals surface area contributed by atoms with Crippen LogP contribution in [0.5, 0.6) is 5.75 Å². The zero-order chi connectivity index (χ0) is 16.1. The van der Waals surface area contributed by atoms with Gasteiger partial charge in [-0.2, -0.15) is 0 Å². The van der Waals surface area contributed by atoms with Gasteiger partial charge in [-0.3, -0.25) is 14.9 Å². The zero-order valence-corrected chi connectivity index (χ0v) is 12.3. The summed E-state index contributed by atoms with van der Waals surface area (Å²) in [5, 5.41) is 13.8. The minimum absolute atomic E-state index is 0.121. The van der Waals surface area contributed by atoms with Gasteiger partial charge in [0.15, 0.2) is 5.75 Å². The second-order valence-corrected chi connectivity index (χ2v) is 4.61. The summed E-state index contributed by atoms with van der Waals surface area (Å²) in [7, 11) is 1.35. The van der Waals surface area contributed by atoms with Gasteiger partial charge in [0.1, 0.15) is 0 Å². The third-order valence-electron chi connectivity index (χ3n) is 3.28. The number of carbonyl (C=O) groups excluding carboxylic acids is 1. The van der Waals surface area contributed by atoms with Gasteiger partial charge in [-0.05, 0) is 30.2 Å². The monoisotopic (exact) mass is 300 g/mol. The van der Waals surface area contributed by atoms with Crippen LogP contribution in [0.1, 0.15) is 22.8 Å². The van der Waals surface area contributed by atoms with E-state index in [9.17, 15) is 14.9 Å². The molecule has 0 unspecified atom stereocenters. The van der Waals surface area contributed by atoms with Crippen LogP contribution in [0.4, 0.5) is 11.4 Å². The number of ether oxygens (including phenoxy) is 1. The van der Waals surface area contributed by atoms with E-state index in [1.54, 1.807) is 6.07 Å². The van der Waals surface area contributed by atoms with Crippen molar-refractivity contribution < 1.29 is 14.5 Å². The summed E-state index contributed by atoms with van der Waals surface area (Å²) >= 11 is 0. The molecule has 0 spiro atoms. The first-order valence-electron chi connectivity index (χ1n) is 6.78. The average Bonchev–Trinajstić information content (AvgIpc) is 2.54. The Bertz CT molecular complexity index is 713. The molecule has 22 heavy (non-hydrogen) atoms. The van der Waals surface area contributed by atoms with Crippen molar-refractivity contribution in [2.45, 2.75) is 13.3 Å². The molecule has 0 heterocycles. The molecular formula is C16H16N2O4. The van der Waals surface area contributed by atoms with Crippen LogP contribution >= 0.6 is 0 Å². The van der Waals surface area contributed by atoms with E-state index in [-0.39, 0.29) is 17.0 Å². The van der Waals surface area contributed by atoms with Gasteiger partial charge in [0.2, 0.25) is 0 Å². The fraction of sp³-hybridized carbons (Fsp3) is 0.188. The summed E-state index contributed by atoms with van der Waals surface area (Å²) < 4.78 is 4.92. The Kier molecular flexibility index (Phi) is 4.73. The number of aryl methyl sites for hydroxylation is 1. The number of nitrogens with zero attached hydrogens (tertiary/aromatic N) is 1. The van der Waals surface area contributed by atoms with Crippen molar-refractivity contribution in [3.8, 4) is 5.75 Å².